The standard InChI is InChI=1S/C22H17F3N10O/c1-21(31-33-34-32-21)15-6-2-4-13(10-15)20(36)27-18-7-8-19(29-28-18)35-17(22(23,24)25)11-16(30-35)14-5-3-9-26-12-14/h2-12H,1H3,(H,31,34)(H,32,33)(H,27,28,36). The Morgan fingerprint density at radius 1 is 1.08 bits per heavy atom. The lowest BCUT2D eigenvalue weighted by molar-refractivity contribution is -0.142. The molecule has 1 aliphatic rings. The van der Waals surface area contributed by atoms with Crippen LogP contribution < -0.4 is 16.3 Å². The van der Waals surface area contributed by atoms with E-state index in [1.54, 1.807) is 43.3 Å². The Morgan fingerprint density at radius 3 is 2.61 bits per heavy atom. The third-order valence-electron chi connectivity index (χ3n) is 5.35. The summed E-state index contributed by atoms with van der Waals surface area (Å²) < 4.78 is 41.7. The molecule has 1 atom stereocenters. The van der Waals surface area contributed by atoms with Gasteiger partial charge in [-0.15, -0.1) is 15.3 Å². The first-order valence-electron chi connectivity index (χ1n) is 10.5. The fraction of sp³-hybridized carbons (Fsp3) is 0.136. The molecule has 11 nitrogen and oxygen atoms in total. The number of nitrogens with zero attached hydrogens (tertiary/aromatic N) is 7. The molecule has 1 amide bonds. The Kier molecular flexibility index (Phi) is 5.64. The molecule has 3 N–H and O–H groups in total. The number of hydrazine groups is 1. The highest BCUT2D eigenvalue weighted by atomic mass is 19.4. The van der Waals surface area contributed by atoms with E-state index in [2.05, 4.69) is 46.9 Å². The van der Waals surface area contributed by atoms with Gasteiger partial charge < -0.3 is 5.32 Å². The van der Waals surface area contributed by atoms with Gasteiger partial charge in [0.2, 0.25) is 0 Å². The minimum atomic E-state index is -4.69. The van der Waals surface area contributed by atoms with E-state index in [1.165, 1.54) is 24.5 Å². The van der Waals surface area contributed by atoms with E-state index in [0.29, 0.717) is 21.4 Å². The number of anilines is 1. The first-order chi connectivity index (χ1) is 17.2. The van der Waals surface area contributed by atoms with E-state index in [-0.39, 0.29) is 17.3 Å². The lowest BCUT2D eigenvalue weighted by Gasteiger charge is -2.19. The normalized spacial score (nSPS) is 17.1. The molecule has 0 radical (unpaired) electrons. The van der Waals surface area contributed by atoms with Gasteiger partial charge >= 0.3 is 6.18 Å². The second-order valence-corrected chi connectivity index (χ2v) is 7.89. The number of carbonyl (C=O) groups excluding carboxylic acids is 1. The molecule has 1 aromatic carbocycles. The highest BCUT2D eigenvalue weighted by molar-refractivity contribution is 6.03. The van der Waals surface area contributed by atoms with Crippen LogP contribution in [0.25, 0.3) is 17.1 Å². The summed E-state index contributed by atoms with van der Waals surface area (Å²) in [7, 11) is 0. The van der Waals surface area contributed by atoms with Crippen molar-refractivity contribution in [3.05, 3.63) is 83.8 Å². The molecular formula is C22H17F3N10O. The number of carbonyl (C=O) groups is 1. The van der Waals surface area contributed by atoms with Crippen LogP contribution in [0.2, 0.25) is 0 Å². The fourth-order valence-electron chi connectivity index (χ4n) is 3.48. The summed E-state index contributed by atoms with van der Waals surface area (Å²) in [5.41, 5.74) is 5.07. The monoisotopic (exact) mass is 494 g/mol. The lowest BCUT2D eigenvalue weighted by Crippen LogP contribution is -2.39. The molecule has 0 saturated heterocycles. The van der Waals surface area contributed by atoms with Crippen LogP contribution in [-0.4, -0.2) is 30.9 Å². The average Bonchev–Trinajstić information content (AvgIpc) is 3.53. The SMILES string of the molecule is CC1(c2cccc(C(=O)Nc3ccc(-n4nc(-c5cccnc5)cc4C(F)(F)F)nn3)c2)N=NNN1. The van der Waals surface area contributed by atoms with Crippen molar-refractivity contribution in [3.8, 4) is 17.1 Å². The summed E-state index contributed by atoms with van der Waals surface area (Å²) in [6, 6.07) is 13.4. The molecule has 0 spiro atoms. The molecule has 3 aromatic heterocycles. The summed E-state index contributed by atoms with van der Waals surface area (Å²) in [5, 5.41) is 22.1. The second-order valence-electron chi connectivity index (χ2n) is 7.89. The lowest BCUT2D eigenvalue weighted by atomic mass is 10.0. The number of rotatable bonds is 5. The largest absolute Gasteiger partial charge is 0.433 e. The van der Waals surface area contributed by atoms with Crippen molar-refractivity contribution in [2.45, 2.75) is 18.8 Å². The number of benzene rings is 1. The predicted octanol–water partition coefficient (Wildman–Crippen LogP) is 3.64. The van der Waals surface area contributed by atoms with Gasteiger partial charge in [0.25, 0.3) is 5.91 Å². The van der Waals surface area contributed by atoms with Crippen LogP contribution in [0.15, 0.2) is 77.3 Å². The van der Waals surface area contributed by atoms with E-state index < -0.39 is 23.4 Å². The van der Waals surface area contributed by atoms with Crippen molar-refractivity contribution in [2.24, 2.45) is 10.3 Å². The predicted molar refractivity (Wildman–Crippen MR) is 120 cm³/mol. The van der Waals surface area contributed by atoms with Crippen LogP contribution in [0.4, 0.5) is 19.0 Å². The number of aromatic nitrogens is 5. The zero-order valence-electron chi connectivity index (χ0n) is 18.5. The highest BCUT2D eigenvalue weighted by Crippen LogP contribution is 2.33. The van der Waals surface area contributed by atoms with E-state index in [0.717, 1.165) is 6.07 Å². The zero-order chi connectivity index (χ0) is 25.3. The minimum Gasteiger partial charge on any atom is -0.305 e. The molecule has 5 rings (SSSR count). The Labute approximate surface area is 201 Å². The maximum atomic E-state index is 13.7. The Morgan fingerprint density at radius 2 is 1.94 bits per heavy atom. The number of alkyl halides is 3. The summed E-state index contributed by atoms with van der Waals surface area (Å²) in [4.78, 5) is 16.7. The third-order valence-corrected chi connectivity index (χ3v) is 5.35. The molecular weight excluding hydrogens is 477 g/mol. The molecule has 0 saturated carbocycles. The summed E-state index contributed by atoms with van der Waals surface area (Å²) >= 11 is 0. The molecule has 0 fully saturated rings. The van der Waals surface area contributed by atoms with Gasteiger partial charge in [0.05, 0.1) is 5.69 Å². The maximum absolute atomic E-state index is 13.7. The minimum absolute atomic E-state index is 0.0499. The van der Waals surface area contributed by atoms with Crippen LogP contribution in [0.5, 0.6) is 0 Å². The molecule has 4 aromatic rings. The molecule has 36 heavy (non-hydrogen) atoms. The average molecular weight is 494 g/mol. The number of nitrogens with one attached hydrogen (secondary N) is 3. The maximum Gasteiger partial charge on any atom is 0.433 e. The number of halogens is 3. The van der Waals surface area contributed by atoms with E-state index in [4.69, 9.17) is 0 Å². The molecule has 4 heterocycles. The highest BCUT2D eigenvalue weighted by Gasteiger charge is 2.37. The van der Waals surface area contributed by atoms with Crippen molar-refractivity contribution in [2.75, 3.05) is 5.32 Å². The summed E-state index contributed by atoms with van der Waals surface area (Å²) in [6.07, 6.45) is -1.77. The Hall–Kier alpha value is -4.72. The smallest absolute Gasteiger partial charge is 0.305 e. The molecule has 0 aliphatic carbocycles. The fourth-order valence-corrected chi connectivity index (χ4v) is 3.48. The molecule has 182 valence electrons. The first-order valence-corrected chi connectivity index (χ1v) is 10.5. The topological polar surface area (TPSA) is 134 Å². The van der Waals surface area contributed by atoms with Crippen molar-refractivity contribution in [3.63, 3.8) is 0 Å². The van der Waals surface area contributed by atoms with Gasteiger partial charge in [-0.25, -0.2) is 10.2 Å². The van der Waals surface area contributed by atoms with Crippen LogP contribution >= 0.6 is 0 Å². The van der Waals surface area contributed by atoms with E-state index in [1.807, 2.05) is 0 Å². The zero-order valence-corrected chi connectivity index (χ0v) is 18.5. The molecule has 1 aliphatic heterocycles. The first kappa shape index (κ1) is 23.0. The van der Waals surface area contributed by atoms with Crippen molar-refractivity contribution in [1.29, 1.82) is 0 Å². The second kappa shape index (κ2) is 8.81. The Balaban J connectivity index is 1.38. The van der Waals surface area contributed by atoms with Gasteiger partial charge in [0.15, 0.2) is 23.0 Å². The van der Waals surface area contributed by atoms with Gasteiger partial charge in [0, 0.05) is 23.5 Å². The van der Waals surface area contributed by atoms with E-state index >= 15 is 0 Å². The molecule has 1 unspecified atom stereocenters. The summed E-state index contributed by atoms with van der Waals surface area (Å²) in [6.45, 7) is 1.78. The number of amides is 1. The van der Waals surface area contributed by atoms with E-state index in [9.17, 15) is 18.0 Å². The van der Waals surface area contributed by atoms with Gasteiger partial charge in [-0.1, -0.05) is 17.4 Å². The van der Waals surface area contributed by atoms with Crippen LogP contribution in [0.1, 0.15) is 28.5 Å². The van der Waals surface area contributed by atoms with Gasteiger partial charge in [-0.05, 0) is 55.0 Å². The quantitative estimate of drug-likeness (QED) is 0.386. The number of hydrogen-bond donors (Lipinski definition) is 3. The third kappa shape index (κ3) is 4.48. The van der Waals surface area contributed by atoms with Gasteiger partial charge in [0.1, 0.15) is 0 Å². The van der Waals surface area contributed by atoms with Gasteiger partial charge in [-0.2, -0.15) is 23.7 Å². The van der Waals surface area contributed by atoms with Crippen molar-refractivity contribution < 1.29 is 18.0 Å². The number of hydrogen-bond acceptors (Lipinski definition) is 9. The van der Waals surface area contributed by atoms with Crippen molar-refractivity contribution >= 4 is 11.7 Å². The number of pyridine rings is 1. The molecule has 14 heteroatoms. The van der Waals surface area contributed by atoms with Crippen LogP contribution in [0, 0.1) is 0 Å². The van der Waals surface area contributed by atoms with Crippen molar-refractivity contribution in [1.82, 2.24) is 35.9 Å². The van der Waals surface area contributed by atoms with Gasteiger partial charge in [-0.3, -0.25) is 9.78 Å². The van der Waals surface area contributed by atoms with Crippen LogP contribution in [-0.2, 0) is 11.8 Å². The van der Waals surface area contributed by atoms with Crippen LogP contribution in [0.3, 0.4) is 0 Å². The summed E-state index contributed by atoms with van der Waals surface area (Å²) in [5.74, 6) is -0.608. The molecule has 0 bridgehead atoms. The Bertz CT molecular complexity index is 1440.